The van der Waals surface area contributed by atoms with Crippen molar-refractivity contribution in [2.24, 2.45) is 0 Å². The van der Waals surface area contributed by atoms with Crippen molar-refractivity contribution >= 4 is 0 Å². The van der Waals surface area contributed by atoms with E-state index in [1.807, 2.05) is 30.7 Å². The van der Waals surface area contributed by atoms with Gasteiger partial charge in [-0.2, -0.15) is 4.98 Å². The summed E-state index contributed by atoms with van der Waals surface area (Å²) >= 11 is 0. The molecule has 0 N–H and O–H groups in total. The van der Waals surface area contributed by atoms with Gasteiger partial charge in [0.2, 0.25) is 5.89 Å². The van der Waals surface area contributed by atoms with Crippen molar-refractivity contribution in [2.75, 3.05) is 0 Å². The summed E-state index contributed by atoms with van der Waals surface area (Å²) in [6.45, 7) is 4.34. The van der Waals surface area contributed by atoms with Crippen molar-refractivity contribution < 1.29 is 8.91 Å². The molecule has 2 heterocycles. The molecule has 5 nitrogen and oxygen atoms in total. The lowest BCUT2D eigenvalue weighted by Gasteiger charge is -2.20. The summed E-state index contributed by atoms with van der Waals surface area (Å²) in [6, 6.07) is 6.43. The van der Waals surface area contributed by atoms with Gasteiger partial charge in [-0.25, -0.2) is 9.37 Å². The fourth-order valence-corrected chi connectivity index (χ4v) is 2.12. The number of benzene rings is 1. The molecule has 0 bridgehead atoms. The van der Waals surface area contributed by atoms with Crippen molar-refractivity contribution in [3.05, 3.63) is 66.1 Å². The Labute approximate surface area is 121 Å². The van der Waals surface area contributed by atoms with Crippen molar-refractivity contribution in [3.8, 4) is 0 Å². The number of hydrogen-bond donors (Lipinski definition) is 0. The SMILES string of the molecule is CC(C)(c1cccc(F)c1)c1nc(Cn2ccnc2)no1. The topological polar surface area (TPSA) is 56.7 Å². The molecule has 3 rings (SSSR count). The van der Waals surface area contributed by atoms with Crippen LogP contribution in [0.3, 0.4) is 0 Å². The maximum atomic E-state index is 13.4. The van der Waals surface area contributed by atoms with Crippen LogP contribution >= 0.6 is 0 Å². The first-order chi connectivity index (χ1) is 10.1. The Morgan fingerprint density at radius 1 is 1.33 bits per heavy atom. The Bertz CT molecular complexity index is 734. The first-order valence-electron chi connectivity index (χ1n) is 6.60. The van der Waals surface area contributed by atoms with Gasteiger partial charge in [-0.3, -0.25) is 0 Å². The van der Waals surface area contributed by atoms with Crippen LogP contribution in [0.4, 0.5) is 4.39 Å². The summed E-state index contributed by atoms with van der Waals surface area (Å²) in [7, 11) is 0. The van der Waals surface area contributed by atoms with E-state index >= 15 is 0 Å². The Kier molecular flexibility index (Phi) is 3.29. The maximum Gasteiger partial charge on any atom is 0.236 e. The van der Waals surface area contributed by atoms with Gasteiger partial charge >= 0.3 is 0 Å². The minimum atomic E-state index is -0.553. The Balaban J connectivity index is 1.87. The number of aromatic nitrogens is 4. The van der Waals surface area contributed by atoms with E-state index in [-0.39, 0.29) is 5.82 Å². The summed E-state index contributed by atoms with van der Waals surface area (Å²) in [5.41, 5.74) is 0.239. The minimum Gasteiger partial charge on any atom is -0.338 e. The van der Waals surface area contributed by atoms with Gasteiger partial charge in [0.05, 0.1) is 18.3 Å². The highest BCUT2D eigenvalue weighted by atomic mass is 19.1. The molecule has 0 aliphatic heterocycles. The molecule has 108 valence electrons. The van der Waals surface area contributed by atoms with Crippen LogP contribution in [-0.4, -0.2) is 19.7 Å². The lowest BCUT2D eigenvalue weighted by Crippen LogP contribution is -2.19. The van der Waals surface area contributed by atoms with Gasteiger partial charge in [0.25, 0.3) is 0 Å². The van der Waals surface area contributed by atoms with E-state index in [2.05, 4.69) is 15.1 Å². The third-order valence-corrected chi connectivity index (χ3v) is 3.43. The fourth-order valence-electron chi connectivity index (χ4n) is 2.12. The zero-order valence-electron chi connectivity index (χ0n) is 11.8. The van der Waals surface area contributed by atoms with E-state index in [1.54, 1.807) is 18.6 Å². The molecule has 0 radical (unpaired) electrons. The molecular formula is C15H15FN4O. The molecule has 0 aliphatic carbocycles. The molecule has 0 saturated carbocycles. The van der Waals surface area contributed by atoms with Crippen molar-refractivity contribution in [3.63, 3.8) is 0 Å². The van der Waals surface area contributed by atoms with E-state index in [4.69, 9.17) is 4.52 Å². The van der Waals surface area contributed by atoms with Gasteiger partial charge in [-0.05, 0) is 31.5 Å². The molecule has 0 saturated heterocycles. The van der Waals surface area contributed by atoms with Crippen LogP contribution in [0.5, 0.6) is 0 Å². The van der Waals surface area contributed by atoms with Crippen LogP contribution in [0.1, 0.15) is 31.1 Å². The normalized spacial score (nSPS) is 11.8. The van der Waals surface area contributed by atoms with Gasteiger partial charge in [0.1, 0.15) is 5.82 Å². The van der Waals surface area contributed by atoms with E-state index < -0.39 is 5.41 Å². The summed E-state index contributed by atoms with van der Waals surface area (Å²) in [5.74, 6) is 0.745. The molecule has 3 aromatic rings. The van der Waals surface area contributed by atoms with Crippen LogP contribution in [-0.2, 0) is 12.0 Å². The number of rotatable bonds is 4. The Morgan fingerprint density at radius 3 is 2.90 bits per heavy atom. The van der Waals surface area contributed by atoms with Crippen LogP contribution in [0.2, 0.25) is 0 Å². The first-order valence-corrected chi connectivity index (χ1v) is 6.60. The standard InChI is InChI=1S/C15H15FN4O/c1-15(2,11-4-3-5-12(16)8-11)14-18-13(19-21-14)9-20-7-6-17-10-20/h3-8,10H,9H2,1-2H3. The number of hydrogen-bond acceptors (Lipinski definition) is 4. The van der Waals surface area contributed by atoms with Gasteiger partial charge in [-0.15, -0.1) is 0 Å². The largest absolute Gasteiger partial charge is 0.338 e. The summed E-state index contributed by atoms with van der Waals surface area (Å²) < 4.78 is 20.6. The van der Waals surface area contributed by atoms with Gasteiger partial charge < -0.3 is 9.09 Å². The number of halogens is 1. The smallest absolute Gasteiger partial charge is 0.236 e. The molecule has 6 heteroatoms. The maximum absolute atomic E-state index is 13.4. The molecule has 0 atom stereocenters. The zero-order valence-corrected chi connectivity index (χ0v) is 11.8. The molecule has 0 spiro atoms. The quantitative estimate of drug-likeness (QED) is 0.740. The van der Waals surface area contributed by atoms with Crippen molar-refractivity contribution in [1.29, 1.82) is 0 Å². The van der Waals surface area contributed by atoms with Crippen LogP contribution in [0, 0.1) is 5.82 Å². The lowest BCUT2D eigenvalue weighted by molar-refractivity contribution is 0.328. The molecule has 0 amide bonds. The first kappa shape index (κ1) is 13.5. The molecule has 0 fully saturated rings. The average Bonchev–Trinajstić information content (AvgIpc) is 3.11. The van der Waals surface area contributed by atoms with E-state index in [9.17, 15) is 4.39 Å². The molecule has 1 aromatic carbocycles. The third-order valence-electron chi connectivity index (χ3n) is 3.43. The highest BCUT2D eigenvalue weighted by Crippen LogP contribution is 2.30. The number of imidazole rings is 1. The van der Waals surface area contributed by atoms with Crippen LogP contribution in [0.15, 0.2) is 47.5 Å². The average molecular weight is 286 g/mol. The summed E-state index contributed by atoms with van der Waals surface area (Å²) in [4.78, 5) is 8.38. The summed E-state index contributed by atoms with van der Waals surface area (Å²) in [5, 5.41) is 3.98. The monoisotopic (exact) mass is 286 g/mol. The predicted molar refractivity (Wildman–Crippen MR) is 74.2 cm³/mol. The van der Waals surface area contributed by atoms with Gasteiger partial charge in [-0.1, -0.05) is 17.3 Å². The minimum absolute atomic E-state index is 0.279. The highest BCUT2D eigenvalue weighted by molar-refractivity contribution is 5.30. The van der Waals surface area contributed by atoms with E-state index in [1.165, 1.54) is 12.1 Å². The van der Waals surface area contributed by atoms with Gasteiger partial charge in [0.15, 0.2) is 5.82 Å². The molecule has 21 heavy (non-hydrogen) atoms. The summed E-state index contributed by atoms with van der Waals surface area (Å²) in [6.07, 6.45) is 5.21. The molecular weight excluding hydrogens is 271 g/mol. The second-order valence-corrected chi connectivity index (χ2v) is 5.39. The molecule has 0 aliphatic rings. The predicted octanol–water partition coefficient (Wildman–Crippen LogP) is 2.78. The molecule has 0 unspecified atom stereocenters. The Morgan fingerprint density at radius 2 is 2.19 bits per heavy atom. The van der Waals surface area contributed by atoms with Crippen molar-refractivity contribution in [2.45, 2.75) is 25.8 Å². The van der Waals surface area contributed by atoms with E-state index in [0.29, 0.717) is 18.3 Å². The highest BCUT2D eigenvalue weighted by Gasteiger charge is 2.30. The second kappa shape index (κ2) is 5.12. The van der Waals surface area contributed by atoms with Gasteiger partial charge in [0, 0.05) is 12.4 Å². The zero-order chi connectivity index (χ0) is 14.9. The van der Waals surface area contributed by atoms with E-state index in [0.717, 1.165) is 5.56 Å². The lowest BCUT2D eigenvalue weighted by atomic mass is 9.84. The second-order valence-electron chi connectivity index (χ2n) is 5.39. The van der Waals surface area contributed by atoms with Crippen LogP contribution in [0.25, 0.3) is 0 Å². The van der Waals surface area contributed by atoms with Crippen molar-refractivity contribution in [1.82, 2.24) is 19.7 Å². The van der Waals surface area contributed by atoms with Crippen LogP contribution < -0.4 is 0 Å². The third kappa shape index (κ3) is 2.69. The number of nitrogens with zero attached hydrogens (tertiary/aromatic N) is 4. The molecule has 2 aromatic heterocycles. The fraction of sp³-hybridized carbons (Fsp3) is 0.267. The Hall–Kier alpha value is -2.50.